The molecule has 6 nitrogen and oxygen atoms in total. The lowest BCUT2D eigenvalue weighted by molar-refractivity contribution is 0.0945. The highest BCUT2D eigenvalue weighted by atomic mass is 16.2. The Labute approximate surface area is 86.9 Å². The normalized spacial score (nSPS) is 12.1. The highest BCUT2D eigenvalue weighted by molar-refractivity contribution is 5.91. The van der Waals surface area contributed by atoms with Crippen molar-refractivity contribution in [1.29, 1.82) is 0 Å². The Morgan fingerprint density at radius 1 is 1.73 bits per heavy atom. The molecule has 0 aliphatic rings. The molecule has 1 unspecified atom stereocenters. The van der Waals surface area contributed by atoms with Crippen LogP contribution in [-0.2, 0) is 0 Å². The van der Waals surface area contributed by atoms with Gasteiger partial charge in [0.15, 0.2) is 0 Å². The minimum Gasteiger partial charge on any atom is -0.349 e. The minimum absolute atomic E-state index is 0.0586. The van der Waals surface area contributed by atoms with E-state index >= 15 is 0 Å². The van der Waals surface area contributed by atoms with Gasteiger partial charge in [-0.2, -0.15) is 0 Å². The molecule has 0 fully saturated rings. The Bertz CT molecular complexity index is 367. The molecule has 0 aliphatic carbocycles. The topological polar surface area (TPSA) is 101 Å². The van der Waals surface area contributed by atoms with Crippen LogP contribution in [0.2, 0.25) is 0 Å². The first kappa shape index (κ1) is 11.4. The summed E-state index contributed by atoms with van der Waals surface area (Å²) in [5.41, 5.74) is 5.47. The van der Waals surface area contributed by atoms with Crippen LogP contribution >= 0.6 is 0 Å². The van der Waals surface area contributed by atoms with Crippen molar-refractivity contribution in [3.63, 3.8) is 0 Å². The molecule has 0 saturated carbocycles. The lowest BCUT2D eigenvalue weighted by atomic mass is 10.2. The molecule has 1 heterocycles. The van der Waals surface area contributed by atoms with E-state index in [0.717, 1.165) is 12.6 Å². The van der Waals surface area contributed by atoms with E-state index in [1.807, 2.05) is 6.92 Å². The average molecular weight is 210 g/mol. The fraction of sp³-hybridized carbons (Fsp3) is 0.444. The summed E-state index contributed by atoms with van der Waals surface area (Å²) in [6.07, 6.45) is 3.13. The van der Waals surface area contributed by atoms with Crippen molar-refractivity contribution >= 4 is 5.91 Å². The summed E-state index contributed by atoms with van der Waals surface area (Å²) < 4.78 is 0. The lowest BCUT2D eigenvalue weighted by Crippen LogP contribution is -2.37. The van der Waals surface area contributed by atoms with Crippen LogP contribution < -0.4 is 16.6 Å². The van der Waals surface area contributed by atoms with E-state index in [2.05, 4.69) is 15.3 Å². The molecule has 0 saturated heterocycles. The number of rotatable bonds is 4. The molecule has 1 aromatic rings. The number of nitrogens with one attached hydrogen (secondary N) is 2. The van der Waals surface area contributed by atoms with Crippen LogP contribution in [-0.4, -0.2) is 28.5 Å². The maximum absolute atomic E-state index is 11.4. The first-order valence-electron chi connectivity index (χ1n) is 4.72. The van der Waals surface area contributed by atoms with Gasteiger partial charge in [0, 0.05) is 18.8 Å². The van der Waals surface area contributed by atoms with Gasteiger partial charge < -0.3 is 16.0 Å². The van der Waals surface area contributed by atoms with Crippen molar-refractivity contribution in [2.45, 2.75) is 19.4 Å². The number of hydrogen-bond acceptors (Lipinski definition) is 4. The van der Waals surface area contributed by atoms with Crippen LogP contribution in [0.4, 0.5) is 0 Å². The van der Waals surface area contributed by atoms with Crippen LogP contribution in [0.3, 0.4) is 0 Å². The molecule has 1 rings (SSSR count). The number of nitrogens with zero attached hydrogens (tertiary/aromatic N) is 1. The Hall–Kier alpha value is -1.69. The van der Waals surface area contributed by atoms with Crippen molar-refractivity contribution in [2.24, 2.45) is 5.73 Å². The van der Waals surface area contributed by atoms with Gasteiger partial charge in [0.25, 0.3) is 11.5 Å². The number of carbonyl (C=O) groups is 1. The van der Waals surface area contributed by atoms with Gasteiger partial charge in [-0.3, -0.25) is 9.59 Å². The van der Waals surface area contributed by atoms with Crippen LogP contribution in [0, 0.1) is 0 Å². The van der Waals surface area contributed by atoms with Crippen molar-refractivity contribution in [2.75, 3.05) is 6.54 Å². The van der Waals surface area contributed by atoms with Crippen LogP contribution in [0.25, 0.3) is 0 Å². The third-order valence-corrected chi connectivity index (χ3v) is 1.95. The Morgan fingerprint density at radius 3 is 3.00 bits per heavy atom. The molecule has 0 aliphatic heterocycles. The SMILES string of the molecule is CCC(N)CNC(=O)c1c[nH]c(=O)cn1. The number of nitrogens with two attached hydrogens (primary N) is 1. The Morgan fingerprint density at radius 2 is 2.47 bits per heavy atom. The van der Waals surface area contributed by atoms with Gasteiger partial charge in [0.2, 0.25) is 0 Å². The van der Waals surface area contributed by atoms with Gasteiger partial charge in [0.05, 0.1) is 6.20 Å². The monoisotopic (exact) mass is 210 g/mol. The predicted octanol–water partition coefficient (Wildman–Crippen LogP) is -0.763. The smallest absolute Gasteiger partial charge is 0.271 e. The fourth-order valence-corrected chi connectivity index (χ4v) is 0.925. The molecule has 15 heavy (non-hydrogen) atoms. The summed E-state index contributed by atoms with van der Waals surface area (Å²) in [6.45, 7) is 2.34. The second-order valence-electron chi connectivity index (χ2n) is 3.17. The average Bonchev–Trinajstić information content (AvgIpc) is 2.26. The zero-order chi connectivity index (χ0) is 11.3. The summed E-state index contributed by atoms with van der Waals surface area (Å²) >= 11 is 0. The van der Waals surface area contributed by atoms with Gasteiger partial charge in [-0.1, -0.05) is 6.92 Å². The number of amides is 1. The zero-order valence-corrected chi connectivity index (χ0v) is 8.49. The predicted molar refractivity (Wildman–Crippen MR) is 55.5 cm³/mol. The molecule has 1 atom stereocenters. The lowest BCUT2D eigenvalue weighted by Gasteiger charge is -2.09. The van der Waals surface area contributed by atoms with E-state index in [1.54, 1.807) is 0 Å². The first-order chi connectivity index (χ1) is 7.13. The maximum atomic E-state index is 11.4. The van der Waals surface area contributed by atoms with Crippen molar-refractivity contribution < 1.29 is 4.79 Å². The number of hydrogen-bond donors (Lipinski definition) is 3. The molecular weight excluding hydrogens is 196 g/mol. The van der Waals surface area contributed by atoms with E-state index in [1.165, 1.54) is 6.20 Å². The van der Waals surface area contributed by atoms with Crippen molar-refractivity contribution in [3.8, 4) is 0 Å². The maximum Gasteiger partial charge on any atom is 0.271 e. The largest absolute Gasteiger partial charge is 0.349 e. The molecular formula is C9H14N4O2. The van der Waals surface area contributed by atoms with E-state index in [4.69, 9.17) is 5.73 Å². The molecule has 0 aromatic carbocycles. The molecule has 0 bridgehead atoms. The Balaban J connectivity index is 2.54. The van der Waals surface area contributed by atoms with Gasteiger partial charge in [-0.05, 0) is 6.42 Å². The molecule has 82 valence electrons. The van der Waals surface area contributed by atoms with E-state index in [-0.39, 0.29) is 23.2 Å². The fourth-order valence-electron chi connectivity index (χ4n) is 0.925. The summed E-state index contributed by atoms with van der Waals surface area (Å²) in [7, 11) is 0. The second kappa shape index (κ2) is 5.26. The number of H-pyrrole nitrogens is 1. The molecule has 4 N–H and O–H groups in total. The molecule has 1 aromatic heterocycles. The van der Waals surface area contributed by atoms with Gasteiger partial charge in [-0.15, -0.1) is 0 Å². The van der Waals surface area contributed by atoms with Crippen LogP contribution in [0.1, 0.15) is 23.8 Å². The molecule has 6 heteroatoms. The number of aromatic amines is 1. The van der Waals surface area contributed by atoms with Gasteiger partial charge >= 0.3 is 0 Å². The summed E-state index contributed by atoms with van der Waals surface area (Å²) in [4.78, 5) is 28.2. The van der Waals surface area contributed by atoms with Crippen molar-refractivity contribution in [1.82, 2.24) is 15.3 Å². The number of aromatic nitrogens is 2. The quantitative estimate of drug-likeness (QED) is 0.607. The van der Waals surface area contributed by atoms with E-state index in [9.17, 15) is 9.59 Å². The molecule has 0 radical (unpaired) electrons. The zero-order valence-electron chi connectivity index (χ0n) is 8.49. The molecule has 0 spiro atoms. The highest BCUT2D eigenvalue weighted by Gasteiger charge is 2.07. The standard InChI is InChI=1S/C9H14N4O2/c1-2-6(10)3-13-9(15)7-4-12-8(14)5-11-7/h4-6H,2-3,10H2,1H3,(H,12,14)(H,13,15). The summed E-state index contributed by atoms with van der Waals surface area (Å²) in [5, 5.41) is 2.62. The van der Waals surface area contributed by atoms with Crippen LogP contribution in [0.5, 0.6) is 0 Å². The third-order valence-electron chi connectivity index (χ3n) is 1.95. The van der Waals surface area contributed by atoms with E-state index < -0.39 is 0 Å². The van der Waals surface area contributed by atoms with Gasteiger partial charge in [0.1, 0.15) is 5.69 Å². The second-order valence-corrected chi connectivity index (χ2v) is 3.17. The number of carbonyl (C=O) groups excluding carboxylic acids is 1. The van der Waals surface area contributed by atoms with Crippen molar-refractivity contribution in [3.05, 3.63) is 28.4 Å². The third kappa shape index (κ3) is 3.51. The first-order valence-corrected chi connectivity index (χ1v) is 4.72. The van der Waals surface area contributed by atoms with E-state index in [0.29, 0.717) is 6.54 Å². The summed E-state index contributed by atoms with van der Waals surface area (Å²) in [6, 6.07) is -0.0586. The summed E-state index contributed by atoms with van der Waals surface area (Å²) in [5.74, 6) is -0.338. The molecule has 1 amide bonds. The highest BCUT2D eigenvalue weighted by Crippen LogP contribution is 1.89. The van der Waals surface area contributed by atoms with Crippen LogP contribution in [0.15, 0.2) is 17.2 Å². The minimum atomic E-state index is -0.338. The Kier molecular flexibility index (Phi) is 3.99. The van der Waals surface area contributed by atoms with Gasteiger partial charge in [-0.25, -0.2) is 4.98 Å².